The van der Waals surface area contributed by atoms with Crippen LogP contribution in [0.1, 0.15) is 50.4 Å². The minimum atomic E-state index is -0.266. The predicted octanol–water partition coefficient (Wildman–Crippen LogP) is 5.19. The summed E-state index contributed by atoms with van der Waals surface area (Å²) in [7, 11) is 0. The fraction of sp³-hybridized carbons (Fsp3) is 0.206. The van der Waals surface area contributed by atoms with Crippen LogP contribution in [0.4, 0.5) is 5.69 Å². The molecule has 0 saturated carbocycles. The van der Waals surface area contributed by atoms with Gasteiger partial charge in [-0.2, -0.15) is 0 Å². The van der Waals surface area contributed by atoms with Gasteiger partial charge in [0.2, 0.25) is 0 Å². The van der Waals surface area contributed by atoms with E-state index in [0.29, 0.717) is 52.6 Å². The molecule has 4 aromatic rings. The largest absolute Gasteiger partial charge is 0.457 e. The van der Waals surface area contributed by atoms with E-state index < -0.39 is 0 Å². The zero-order valence-corrected chi connectivity index (χ0v) is 23.2. The lowest BCUT2D eigenvalue weighted by molar-refractivity contribution is -0.110. The molecule has 2 aliphatic rings. The topological polar surface area (TPSA) is 104 Å². The third kappa shape index (κ3) is 6.19. The molecule has 3 heterocycles. The summed E-state index contributed by atoms with van der Waals surface area (Å²) in [5.41, 5.74) is 4.48. The number of likely N-dealkylation sites (tertiary alicyclic amines) is 1. The van der Waals surface area contributed by atoms with E-state index in [0.717, 1.165) is 30.8 Å². The number of anilines is 1. The Hall–Kier alpha value is -4.95. The number of carbonyl (C=O) groups is 3. The predicted molar refractivity (Wildman–Crippen MR) is 163 cm³/mol. The summed E-state index contributed by atoms with van der Waals surface area (Å²) in [5.74, 6) is 0.467. The number of rotatable bonds is 9. The first-order chi connectivity index (χ1) is 20.5. The summed E-state index contributed by atoms with van der Waals surface area (Å²) < 4.78 is 6.07. The normalized spacial score (nSPS) is 15.4. The number of carbonyl (C=O) groups excluding carboxylic acids is 3. The molecule has 0 spiro atoms. The van der Waals surface area contributed by atoms with Gasteiger partial charge in [0.25, 0.3) is 17.7 Å². The van der Waals surface area contributed by atoms with Gasteiger partial charge in [-0.25, -0.2) is 0 Å². The Balaban J connectivity index is 1.15. The Bertz CT molecular complexity index is 1650. The van der Waals surface area contributed by atoms with E-state index in [1.54, 1.807) is 42.5 Å². The molecule has 212 valence electrons. The van der Waals surface area contributed by atoms with Gasteiger partial charge in [0.15, 0.2) is 0 Å². The highest BCUT2D eigenvalue weighted by Gasteiger charge is 2.26. The van der Waals surface area contributed by atoms with E-state index in [-0.39, 0.29) is 17.7 Å². The number of fused-ring (bicyclic) bond motifs is 1. The second-order valence-corrected chi connectivity index (χ2v) is 10.5. The summed E-state index contributed by atoms with van der Waals surface area (Å²) in [5, 5.41) is 8.79. The van der Waals surface area contributed by atoms with Crippen molar-refractivity contribution in [2.45, 2.75) is 19.4 Å². The molecule has 2 aliphatic heterocycles. The number of hydrogen-bond acceptors (Lipinski definition) is 5. The van der Waals surface area contributed by atoms with Crippen molar-refractivity contribution in [3.05, 3.63) is 113 Å². The molecule has 3 amide bonds. The van der Waals surface area contributed by atoms with Gasteiger partial charge < -0.3 is 25.3 Å². The lowest BCUT2D eigenvalue weighted by atomic mass is 10.0. The fourth-order valence-electron chi connectivity index (χ4n) is 5.33. The SMILES string of the molecule is O=C1Nc2ccc(C(=O)NCc3ccccc3)cc2C1=Cc1ccc(-c2cccc(C(=O)NCCN3CCCC3)c2)o1. The third-order valence-electron chi connectivity index (χ3n) is 7.60. The van der Waals surface area contributed by atoms with E-state index in [1.165, 1.54) is 12.8 Å². The van der Waals surface area contributed by atoms with Crippen LogP contribution in [0, 0.1) is 0 Å². The molecule has 6 rings (SSSR count). The fourth-order valence-corrected chi connectivity index (χ4v) is 5.33. The first kappa shape index (κ1) is 27.2. The van der Waals surface area contributed by atoms with Crippen LogP contribution < -0.4 is 16.0 Å². The van der Waals surface area contributed by atoms with Gasteiger partial charge in [0, 0.05) is 47.6 Å². The van der Waals surface area contributed by atoms with Gasteiger partial charge in [0.05, 0.1) is 5.57 Å². The van der Waals surface area contributed by atoms with E-state index in [4.69, 9.17) is 4.42 Å². The van der Waals surface area contributed by atoms with Crippen molar-refractivity contribution in [3.8, 4) is 11.3 Å². The minimum absolute atomic E-state index is 0.118. The maximum Gasteiger partial charge on any atom is 0.256 e. The Kier molecular flexibility index (Phi) is 7.96. The Labute approximate surface area is 244 Å². The van der Waals surface area contributed by atoms with Gasteiger partial charge in [0.1, 0.15) is 11.5 Å². The second kappa shape index (κ2) is 12.3. The highest BCUT2D eigenvalue weighted by molar-refractivity contribution is 6.35. The van der Waals surface area contributed by atoms with Crippen LogP contribution in [-0.4, -0.2) is 48.8 Å². The molecule has 1 saturated heterocycles. The molecule has 3 aromatic carbocycles. The highest BCUT2D eigenvalue weighted by Crippen LogP contribution is 2.35. The van der Waals surface area contributed by atoms with Crippen LogP contribution in [0.2, 0.25) is 0 Å². The summed E-state index contributed by atoms with van der Waals surface area (Å²) in [4.78, 5) is 40.8. The highest BCUT2D eigenvalue weighted by atomic mass is 16.3. The number of amides is 3. The molecule has 0 atom stereocenters. The van der Waals surface area contributed by atoms with Crippen LogP contribution in [0.15, 0.2) is 89.3 Å². The quantitative estimate of drug-likeness (QED) is 0.244. The molecular formula is C34H32N4O4. The number of hydrogen-bond donors (Lipinski definition) is 3. The van der Waals surface area contributed by atoms with Crippen molar-refractivity contribution in [3.63, 3.8) is 0 Å². The molecule has 1 aromatic heterocycles. The summed E-state index contributed by atoms with van der Waals surface area (Å²) in [6, 6.07) is 25.7. The van der Waals surface area contributed by atoms with Crippen molar-refractivity contribution in [1.29, 1.82) is 0 Å². The minimum Gasteiger partial charge on any atom is -0.457 e. The molecule has 1 fully saturated rings. The van der Waals surface area contributed by atoms with Crippen molar-refractivity contribution < 1.29 is 18.8 Å². The molecule has 3 N–H and O–H groups in total. The van der Waals surface area contributed by atoms with E-state index >= 15 is 0 Å². The monoisotopic (exact) mass is 560 g/mol. The van der Waals surface area contributed by atoms with Crippen molar-refractivity contribution >= 4 is 35.1 Å². The molecule has 8 heteroatoms. The first-order valence-corrected chi connectivity index (χ1v) is 14.2. The van der Waals surface area contributed by atoms with Crippen molar-refractivity contribution in [2.24, 2.45) is 0 Å². The Morgan fingerprint density at radius 1 is 0.857 bits per heavy atom. The van der Waals surface area contributed by atoms with E-state index in [9.17, 15) is 14.4 Å². The maximum atomic E-state index is 12.8. The smallest absolute Gasteiger partial charge is 0.256 e. The molecule has 42 heavy (non-hydrogen) atoms. The second-order valence-electron chi connectivity index (χ2n) is 10.5. The van der Waals surface area contributed by atoms with Crippen molar-refractivity contribution in [2.75, 3.05) is 31.5 Å². The standard InChI is InChI=1S/C34H32N4O4/c39-32(35-15-18-38-16-4-5-17-38)25-10-6-9-24(19-25)31-14-12-27(42-31)21-29-28-20-26(11-13-30(28)37-34(29)41)33(40)36-22-23-7-2-1-3-8-23/h1-3,6-14,19-21H,4-5,15-18,22H2,(H,35,39)(H,36,40)(H,37,41). The molecule has 0 radical (unpaired) electrons. The van der Waals surface area contributed by atoms with Gasteiger partial charge in [-0.05, 0) is 80.0 Å². The molecule has 8 nitrogen and oxygen atoms in total. The van der Waals surface area contributed by atoms with Crippen molar-refractivity contribution in [1.82, 2.24) is 15.5 Å². The number of nitrogens with zero attached hydrogens (tertiary/aromatic N) is 1. The summed E-state index contributed by atoms with van der Waals surface area (Å²) in [6.45, 7) is 4.08. The third-order valence-corrected chi connectivity index (χ3v) is 7.60. The zero-order chi connectivity index (χ0) is 28.9. The number of nitrogens with one attached hydrogen (secondary N) is 3. The first-order valence-electron chi connectivity index (χ1n) is 14.2. The summed E-state index contributed by atoms with van der Waals surface area (Å²) in [6.07, 6.45) is 4.12. The van der Waals surface area contributed by atoms with Gasteiger partial charge in [-0.3, -0.25) is 14.4 Å². The van der Waals surface area contributed by atoms with Gasteiger partial charge >= 0.3 is 0 Å². The Morgan fingerprint density at radius 3 is 2.48 bits per heavy atom. The Morgan fingerprint density at radius 2 is 1.64 bits per heavy atom. The number of furan rings is 1. The van der Waals surface area contributed by atoms with E-state index in [2.05, 4.69) is 20.9 Å². The van der Waals surface area contributed by atoms with E-state index in [1.807, 2.05) is 48.5 Å². The van der Waals surface area contributed by atoms with Crippen LogP contribution in [-0.2, 0) is 11.3 Å². The number of benzene rings is 3. The zero-order valence-electron chi connectivity index (χ0n) is 23.2. The van der Waals surface area contributed by atoms with Crippen LogP contribution >= 0.6 is 0 Å². The molecule has 0 aliphatic carbocycles. The van der Waals surface area contributed by atoms with Crippen LogP contribution in [0.5, 0.6) is 0 Å². The molecule has 0 bridgehead atoms. The van der Waals surface area contributed by atoms with Gasteiger partial charge in [-0.15, -0.1) is 0 Å². The average Bonchev–Trinajstić information content (AvgIpc) is 3.78. The lowest BCUT2D eigenvalue weighted by Crippen LogP contribution is -2.33. The van der Waals surface area contributed by atoms with Crippen LogP contribution in [0.3, 0.4) is 0 Å². The maximum absolute atomic E-state index is 12.8. The van der Waals surface area contributed by atoms with Crippen LogP contribution in [0.25, 0.3) is 23.0 Å². The average molecular weight is 561 g/mol. The molecular weight excluding hydrogens is 528 g/mol. The summed E-state index contributed by atoms with van der Waals surface area (Å²) >= 11 is 0. The lowest BCUT2D eigenvalue weighted by Gasteiger charge is -2.14. The van der Waals surface area contributed by atoms with Gasteiger partial charge in [-0.1, -0.05) is 42.5 Å². The molecule has 0 unspecified atom stereocenters.